The van der Waals surface area contributed by atoms with Gasteiger partial charge < -0.3 is 14.2 Å². The van der Waals surface area contributed by atoms with Crippen molar-refractivity contribution in [2.75, 3.05) is 14.2 Å². The van der Waals surface area contributed by atoms with Gasteiger partial charge in [0.25, 0.3) is 0 Å². The number of hydrogen-bond donors (Lipinski definition) is 0. The van der Waals surface area contributed by atoms with Gasteiger partial charge in [0.05, 0.1) is 14.2 Å². The van der Waals surface area contributed by atoms with Crippen LogP contribution in [0.15, 0.2) is 18.2 Å². The molecule has 20 heavy (non-hydrogen) atoms. The topological polar surface area (TPSA) is 70.5 Å². The summed E-state index contributed by atoms with van der Waals surface area (Å²) in [6, 6.07) is 4.96. The summed E-state index contributed by atoms with van der Waals surface area (Å²) in [7, 11) is 2.95. The lowest BCUT2D eigenvalue weighted by Gasteiger charge is -2.11. The number of para-hydroxylation sites is 1. The Labute approximate surface area is 124 Å². The number of halogens is 1. The number of benzene rings is 1. The van der Waals surface area contributed by atoms with Gasteiger partial charge in [-0.15, -0.1) is 5.10 Å². The van der Waals surface area contributed by atoms with Crippen molar-refractivity contribution in [1.82, 2.24) is 9.59 Å². The molecule has 1 heterocycles. The van der Waals surface area contributed by atoms with Crippen LogP contribution in [-0.2, 0) is 11.3 Å². The maximum absolute atomic E-state index is 12.1. The van der Waals surface area contributed by atoms with Crippen molar-refractivity contribution in [2.24, 2.45) is 0 Å². The highest BCUT2D eigenvalue weighted by Crippen LogP contribution is 2.31. The summed E-state index contributed by atoms with van der Waals surface area (Å²) in [5.74, 6) is 0.225. The van der Waals surface area contributed by atoms with Crippen LogP contribution in [0.4, 0.5) is 0 Å². The lowest BCUT2D eigenvalue weighted by Crippen LogP contribution is -2.08. The van der Waals surface area contributed by atoms with Crippen molar-refractivity contribution < 1.29 is 19.0 Å². The Balaban J connectivity index is 2.15. The molecule has 0 unspecified atom stereocenters. The molecule has 0 amide bonds. The summed E-state index contributed by atoms with van der Waals surface area (Å²) in [5.41, 5.74) is 0.693. The molecule has 0 atom stereocenters. The molecule has 0 radical (unpaired) electrons. The Morgan fingerprint density at radius 1 is 1.35 bits per heavy atom. The summed E-state index contributed by atoms with van der Waals surface area (Å²) in [6.07, 6.45) is 0. The van der Waals surface area contributed by atoms with E-state index in [2.05, 4.69) is 9.59 Å². The van der Waals surface area contributed by atoms with Crippen LogP contribution in [0, 0.1) is 0 Å². The standard InChI is InChI=1S/C12H11ClN2O4S/c1-17-9-5-3-4-7(10(9)18-2)12(16)19-6-8-11(13)20-15-14-8/h3-5H,6H2,1-2H3. The van der Waals surface area contributed by atoms with Gasteiger partial charge in [-0.25, -0.2) is 4.79 Å². The smallest absolute Gasteiger partial charge is 0.342 e. The molecule has 0 aliphatic rings. The molecule has 0 saturated carbocycles. The van der Waals surface area contributed by atoms with Crippen molar-refractivity contribution in [2.45, 2.75) is 6.61 Å². The highest BCUT2D eigenvalue weighted by molar-refractivity contribution is 7.10. The SMILES string of the molecule is COc1cccc(C(=O)OCc2nnsc2Cl)c1OC. The maximum atomic E-state index is 12.1. The summed E-state index contributed by atoms with van der Waals surface area (Å²) < 4.78 is 19.5. The lowest BCUT2D eigenvalue weighted by molar-refractivity contribution is 0.0463. The van der Waals surface area contributed by atoms with Gasteiger partial charge >= 0.3 is 5.97 Å². The van der Waals surface area contributed by atoms with Crippen molar-refractivity contribution in [1.29, 1.82) is 0 Å². The van der Waals surface area contributed by atoms with Crippen LogP contribution in [0.3, 0.4) is 0 Å². The monoisotopic (exact) mass is 314 g/mol. The quantitative estimate of drug-likeness (QED) is 0.790. The molecule has 2 aromatic rings. The van der Waals surface area contributed by atoms with Crippen LogP contribution in [0.5, 0.6) is 11.5 Å². The number of rotatable bonds is 5. The number of ether oxygens (including phenoxy) is 3. The van der Waals surface area contributed by atoms with E-state index < -0.39 is 5.97 Å². The Bertz CT molecular complexity index is 617. The van der Waals surface area contributed by atoms with Crippen molar-refractivity contribution >= 4 is 29.1 Å². The first-order chi connectivity index (χ1) is 9.67. The van der Waals surface area contributed by atoms with Crippen molar-refractivity contribution in [3.8, 4) is 11.5 Å². The van der Waals surface area contributed by atoms with Gasteiger partial charge in [-0.3, -0.25) is 0 Å². The van der Waals surface area contributed by atoms with Crippen LogP contribution in [0.1, 0.15) is 16.1 Å². The molecule has 0 saturated heterocycles. The number of esters is 1. The number of methoxy groups -OCH3 is 2. The Morgan fingerprint density at radius 2 is 2.15 bits per heavy atom. The van der Waals surface area contributed by atoms with E-state index in [1.165, 1.54) is 14.2 Å². The summed E-state index contributed by atoms with van der Waals surface area (Å²) in [6.45, 7) is -0.0471. The molecule has 1 aromatic carbocycles. The third-order valence-electron chi connectivity index (χ3n) is 2.47. The molecule has 0 aliphatic carbocycles. The van der Waals surface area contributed by atoms with Crippen LogP contribution in [0.2, 0.25) is 4.34 Å². The molecule has 2 rings (SSSR count). The highest BCUT2D eigenvalue weighted by atomic mass is 35.5. The predicted octanol–water partition coefficient (Wildman–Crippen LogP) is 2.57. The first kappa shape index (κ1) is 14.5. The van der Waals surface area contributed by atoms with Crippen LogP contribution < -0.4 is 9.47 Å². The normalized spacial score (nSPS) is 10.2. The number of hydrogen-bond acceptors (Lipinski definition) is 7. The zero-order chi connectivity index (χ0) is 14.5. The Morgan fingerprint density at radius 3 is 2.75 bits per heavy atom. The van der Waals surface area contributed by atoms with Gasteiger partial charge in [0.15, 0.2) is 11.5 Å². The second-order valence-electron chi connectivity index (χ2n) is 3.61. The van der Waals surface area contributed by atoms with Gasteiger partial charge in [0.1, 0.15) is 22.2 Å². The van der Waals surface area contributed by atoms with E-state index in [0.29, 0.717) is 21.5 Å². The molecular weight excluding hydrogens is 304 g/mol. The zero-order valence-electron chi connectivity index (χ0n) is 10.8. The second kappa shape index (κ2) is 6.53. The van der Waals surface area contributed by atoms with E-state index >= 15 is 0 Å². The minimum Gasteiger partial charge on any atom is -0.493 e. The molecule has 8 heteroatoms. The third kappa shape index (κ3) is 3.00. The Kier molecular flexibility index (Phi) is 4.75. The van der Waals surface area contributed by atoms with E-state index in [-0.39, 0.29) is 12.2 Å². The molecule has 6 nitrogen and oxygen atoms in total. The fourth-order valence-electron chi connectivity index (χ4n) is 1.54. The molecular formula is C12H11ClN2O4S. The minimum absolute atomic E-state index is 0.0471. The highest BCUT2D eigenvalue weighted by Gasteiger charge is 2.18. The average Bonchev–Trinajstić information content (AvgIpc) is 2.89. The van der Waals surface area contributed by atoms with Gasteiger partial charge in [0.2, 0.25) is 0 Å². The van der Waals surface area contributed by atoms with E-state index in [4.69, 9.17) is 25.8 Å². The lowest BCUT2D eigenvalue weighted by atomic mass is 10.2. The maximum Gasteiger partial charge on any atom is 0.342 e. The Hall–Kier alpha value is -1.86. The van der Waals surface area contributed by atoms with Gasteiger partial charge in [-0.2, -0.15) is 0 Å². The zero-order valence-corrected chi connectivity index (χ0v) is 12.3. The average molecular weight is 315 g/mol. The minimum atomic E-state index is -0.551. The molecule has 0 spiro atoms. The van der Waals surface area contributed by atoms with E-state index in [1.807, 2.05) is 0 Å². The molecule has 0 fully saturated rings. The van der Waals surface area contributed by atoms with E-state index in [0.717, 1.165) is 11.5 Å². The fraction of sp³-hybridized carbons (Fsp3) is 0.250. The number of aromatic nitrogens is 2. The number of carbonyl (C=O) groups excluding carboxylic acids is 1. The second-order valence-corrected chi connectivity index (χ2v) is 4.97. The third-order valence-corrected chi connectivity index (χ3v) is 3.46. The molecule has 1 aromatic heterocycles. The van der Waals surface area contributed by atoms with E-state index in [1.54, 1.807) is 18.2 Å². The van der Waals surface area contributed by atoms with Gasteiger partial charge in [-0.05, 0) is 12.1 Å². The van der Waals surface area contributed by atoms with Crippen LogP contribution >= 0.6 is 23.1 Å². The first-order valence-corrected chi connectivity index (χ1v) is 6.67. The van der Waals surface area contributed by atoms with Crippen LogP contribution in [0.25, 0.3) is 0 Å². The molecule has 0 aliphatic heterocycles. The van der Waals surface area contributed by atoms with Gasteiger partial charge in [-0.1, -0.05) is 22.2 Å². The summed E-state index contributed by atoms with van der Waals surface area (Å²) in [4.78, 5) is 12.1. The molecule has 0 N–H and O–H groups in total. The van der Waals surface area contributed by atoms with Crippen molar-refractivity contribution in [3.05, 3.63) is 33.8 Å². The largest absolute Gasteiger partial charge is 0.493 e. The fourth-order valence-corrected chi connectivity index (χ4v) is 2.14. The molecule has 106 valence electrons. The number of nitrogens with zero attached hydrogens (tertiary/aromatic N) is 2. The summed E-state index contributed by atoms with van der Waals surface area (Å²) in [5, 5.41) is 3.76. The van der Waals surface area contributed by atoms with Gasteiger partial charge in [0, 0.05) is 11.5 Å². The molecule has 0 bridgehead atoms. The first-order valence-electron chi connectivity index (χ1n) is 5.52. The van der Waals surface area contributed by atoms with Crippen LogP contribution in [-0.4, -0.2) is 29.8 Å². The predicted molar refractivity (Wildman–Crippen MR) is 73.6 cm³/mol. The summed E-state index contributed by atoms with van der Waals surface area (Å²) >= 11 is 6.87. The number of carbonyl (C=O) groups is 1. The van der Waals surface area contributed by atoms with E-state index in [9.17, 15) is 4.79 Å². The van der Waals surface area contributed by atoms with Crippen molar-refractivity contribution in [3.63, 3.8) is 0 Å².